The molecule has 3 heteroatoms. The molecule has 0 amide bonds. The fourth-order valence-corrected chi connectivity index (χ4v) is 1.76. The Morgan fingerprint density at radius 3 is 2.33 bits per heavy atom. The van der Waals surface area contributed by atoms with Crippen molar-refractivity contribution in [3.05, 3.63) is 0 Å². The average Bonchev–Trinajstić information content (AvgIpc) is 2.63. The maximum Gasteiger partial charge on any atom is 0.159 e. The van der Waals surface area contributed by atoms with Crippen LogP contribution in [0.15, 0.2) is 0 Å². The van der Waals surface area contributed by atoms with Gasteiger partial charge in [-0.25, -0.2) is 0 Å². The van der Waals surface area contributed by atoms with Crippen molar-refractivity contribution in [2.45, 2.75) is 52.4 Å². The van der Waals surface area contributed by atoms with E-state index in [1.807, 2.05) is 7.05 Å². The van der Waals surface area contributed by atoms with Crippen molar-refractivity contribution in [3.63, 3.8) is 0 Å². The van der Waals surface area contributed by atoms with Crippen LogP contribution in [-0.4, -0.2) is 32.6 Å². The Hall–Kier alpha value is -0.120. The van der Waals surface area contributed by atoms with E-state index in [4.69, 9.17) is 9.47 Å². The lowest BCUT2D eigenvalue weighted by Crippen LogP contribution is -2.31. The van der Waals surface area contributed by atoms with Crippen LogP contribution in [0.25, 0.3) is 0 Å². The van der Waals surface area contributed by atoms with Crippen molar-refractivity contribution in [1.29, 1.82) is 0 Å². The third-order valence-electron chi connectivity index (χ3n) is 2.82. The quantitative estimate of drug-likeness (QED) is 0.762. The smallest absolute Gasteiger partial charge is 0.159 e. The summed E-state index contributed by atoms with van der Waals surface area (Å²) in [5.74, 6) is 0. The number of rotatable bonds is 5. The van der Waals surface area contributed by atoms with Crippen LogP contribution in [0.5, 0.6) is 0 Å². The van der Waals surface area contributed by atoms with Crippen molar-refractivity contribution in [3.8, 4) is 0 Å². The molecule has 3 nitrogen and oxygen atoms in total. The molecule has 0 aliphatic carbocycles. The van der Waals surface area contributed by atoms with Crippen LogP contribution in [-0.2, 0) is 9.47 Å². The molecule has 0 spiro atoms. The molecule has 1 heterocycles. The molecule has 0 saturated carbocycles. The van der Waals surface area contributed by atoms with Gasteiger partial charge >= 0.3 is 0 Å². The van der Waals surface area contributed by atoms with Gasteiger partial charge in [-0.3, -0.25) is 0 Å². The topological polar surface area (TPSA) is 30.5 Å². The highest BCUT2D eigenvalue weighted by molar-refractivity contribution is 4.72. The predicted molar refractivity (Wildman–Crippen MR) is 61.8 cm³/mol. The molecule has 1 saturated heterocycles. The number of hydrogen-bond donors (Lipinski definition) is 1. The molecule has 0 aromatic heterocycles. The molecule has 0 aromatic carbocycles. The summed E-state index contributed by atoms with van der Waals surface area (Å²) in [6.07, 6.45) is 3.39. The summed E-state index contributed by atoms with van der Waals surface area (Å²) in [7, 11) is 2.02. The van der Waals surface area contributed by atoms with E-state index in [0.717, 1.165) is 19.6 Å². The normalized spacial score (nSPS) is 20.8. The molecule has 0 bridgehead atoms. The SMILES string of the molecule is CNC(CCC(C)(C)C)CC1OCCO1. The lowest BCUT2D eigenvalue weighted by Gasteiger charge is -2.24. The molecule has 1 N–H and O–H groups in total. The van der Waals surface area contributed by atoms with Crippen molar-refractivity contribution < 1.29 is 9.47 Å². The van der Waals surface area contributed by atoms with Crippen LogP contribution in [0.1, 0.15) is 40.0 Å². The molecule has 1 aliphatic heterocycles. The zero-order valence-electron chi connectivity index (χ0n) is 10.5. The highest BCUT2D eigenvalue weighted by Crippen LogP contribution is 2.23. The Kier molecular flexibility index (Phi) is 5.03. The molecule has 1 atom stereocenters. The van der Waals surface area contributed by atoms with Crippen molar-refractivity contribution in [2.75, 3.05) is 20.3 Å². The Morgan fingerprint density at radius 1 is 1.27 bits per heavy atom. The second-order valence-corrected chi connectivity index (χ2v) is 5.49. The Balaban J connectivity index is 2.22. The molecule has 90 valence electrons. The molecule has 0 aromatic rings. The van der Waals surface area contributed by atoms with Crippen LogP contribution in [0.2, 0.25) is 0 Å². The van der Waals surface area contributed by atoms with Crippen molar-refractivity contribution in [1.82, 2.24) is 5.32 Å². The lowest BCUT2D eigenvalue weighted by molar-refractivity contribution is -0.0532. The lowest BCUT2D eigenvalue weighted by atomic mass is 9.88. The standard InChI is InChI=1S/C12H25NO2/c1-12(2,3)6-5-10(13-4)9-11-14-7-8-15-11/h10-11,13H,5-9H2,1-4H3. The Morgan fingerprint density at radius 2 is 1.87 bits per heavy atom. The summed E-state index contributed by atoms with van der Waals surface area (Å²) in [4.78, 5) is 0. The van der Waals surface area contributed by atoms with Gasteiger partial charge in [-0.15, -0.1) is 0 Å². The maximum absolute atomic E-state index is 5.45. The van der Waals surface area contributed by atoms with E-state index in [2.05, 4.69) is 26.1 Å². The molecule has 1 unspecified atom stereocenters. The monoisotopic (exact) mass is 215 g/mol. The van der Waals surface area contributed by atoms with Crippen LogP contribution >= 0.6 is 0 Å². The Bertz CT molecular complexity index is 171. The van der Waals surface area contributed by atoms with Gasteiger partial charge in [0.1, 0.15) is 0 Å². The predicted octanol–water partition coefficient (Wildman–Crippen LogP) is 2.16. The summed E-state index contributed by atoms with van der Waals surface area (Å²) < 4.78 is 10.9. The first-order valence-corrected chi connectivity index (χ1v) is 5.92. The fourth-order valence-electron chi connectivity index (χ4n) is 1.76. The van der Waals surface area contributed by atoms with Gasteiger partial charge in [0, 0.05) is 12.5 Å². The third kappa shape index (κ3) is 5.50. The van der Waals surface area contributed by atoms with Crippen molar-refractivity contribution >= 4 is 0 Å². The summed E-state index contributed by atoms with van der Waals surface area (Å²) in [5, 5.41) is 3.34. The third-order valence-corrected chi connectivity index (χ3v) is 2.82. The van der Waals surface area contributed by atoms with Gasteiger partial charge < -0.3 is 14.8 Å². The second kappa shape index (κ2) is 5.83. The molecule has 15 heavy (non-hydrogen) atoms. The largest absolute Gasteiger partial charge is 0.350 e. The van der Waals surface area contributed by atoms with Gasteiger partial charge in [0.15, 0.2) is 6.29 Å². The highest BCUT2D eigenvalue weighted by Gasteiger charge is 2.21. The fraction of sp³-hybridized carbons (Fsp3) is 1.00. The minimum atomic E-state index is 0.0161. The van der Waals surface area contributed by atoms with E-state index in [0.29, 0.717) is 11.5 Å². The van der Waals surface area contributed by atoms with Gasteiger partial charge in [-0.05, 0) is 25.3 Å². The second-order valence-electron chi connectivity index (χ2n) is 5.49. The van der Waals surface area contributed by atoms with E-state index in [-0.39, 0.29) is 6.29 Å². The molecule has 1 fully saturated rings. The minimum Gasteiger partial charge on any atom is -0.350 e. The summed E-state index contributed by atoms with van der Waals surface area (Å²) in [5.41, 5.74) is 0.409. The summed E-state index contributed by atoms with van der Waals surface area (Å²) >= 11 is 0. The molecule has 0 radical (unpaired) electrons. The van der Waals surface area contributed by atoms with Gasteiger partial charge in [0.2, 0.25) is 0 Å². The van der Waals surface area contributed by atoms with E-state index >= 15 is 0 Å². The van der Waals surface area contributed by atoms with E-state index in [9.17, 15) is 0 Å². The maximum atomic E-state index is 5.45. The Labute approximate surface area is 93.5 Å². The molecule has 1 rings (SSSR count). The van der Waals surface area contributed by atoms with E-state index < -0.39 is 0 Å². The zero-order chi connectivity index (χ0) is 11.3. The number of nitrogens with one attached hydrogen (secondary N) is 1. The van der Waals surface area contributed by atoms with Crippen LogP contribution in [0.4, 0.5) is 0 Å². The molecule has 1 aliphatic rings. The number of hydrogen-bond acceptors (Lipinski definition) is 3. The first-order chi connectivity index (χ1) is 7.01. The summed E-state index contributed by atoms with van der Waals surface area (Å²) in [6.45, 7) is 8.34. The number of ether oxygens (including phenoxy) is 2. The van der Waals surface area contributed by atoms with Gasteiger partial charge in [-0.1, -0.05) is 20.8 Å². The van der Waals surface area contributed by atoms with Gasteiger partial charge in [-0.2, -0.15) is 0 Å². The van der Waals surface area contributed by atoms with Crippen molar-refractivity contribution in [2.24, 2.45) is 5.41 Å². The molecular weight excluding hydrogens is 190 g/mol. The molecular formula is C12H25NO2. The van der Waals surface area contributed by atoms with Crippen LogP contribution in [0, 0.1) is 5.41 Å². The van der Waals surface area contributed by atoms with Gasteiger partial charge in [0.25, 0.3) is 0 Å². The highest BCUT2D eigenvalue weighted by atomic mass is 16.7. The van der Waals surface area contributed by atoms with E-state index in [1.54, 1.807) is 0 Å². The van der Waals surface area contributed by atoms with Crippen LogP contribution < -0.4 is 5.32 Å². The van der Waals surface area contributed by atoms with E-state index in [1.165, 1.54) is 12.8 Å². The van der Waals surface area contributed by atoms with Gasteiger partial charge in [0.05, 0.1) is 13.2 Å². The van der Waals surface area contributed by atoms with Crippen LogP contribution in [0.3, 0.4) is 0 Å². The summed E-state index contributed by atoms with van der Waals surface area (Å²) in [6, 6.07) is 0.507. The minimum absolute atomic E-state index is 0.0161. The first-order valence-electron chi connectivity index (χ1n) is 5.92. The zero-order valence-corrected chi connectivity index (χ0v) is 10.5. The average molecular weight is 215 g/mol. The first kappa shape index (κ1) is 12.9.